The van der Waals surface area contributed by atoms with Crippen molar-refractivity contribution in [3.05, 3.63) is 0 Å². The molecule has 0 aromatic rings. The maximum Gasteiger partial charge on any atom is 0.236 e. The maximum atomic E-state index is 11.8. The number of hydrogen-bond donors (Lipinski definition) is 0. The molecule has 1 atom stereocenters. The van der Waals surface area contributed by atoms with Gasteiger partial charge in [-0.3, -0.25) is 14.5 Å². The van der Waals surface area contributed by atoms with E-state index >= 15 is 0 Å². The Balaban J connectivity index is 2.96. The second-order valence-corrected chi connectivity index (χ2v) is 4.19. The molecular weight excluding hydrogens is 180 g/mol. The van der Waals surface area contributed by atoms with Crippen molar-refractivity contribution >= 4 is 11.8 Å². The van der Waals surface area contributed by atoms with Gasteiger partial charge in [-0.25, -0.2) is 0 Å². The van der Waals surface area contributed by atoms with Crippen LogP contribution in [-0.2, 0) is 9.59 Å². The van der Waals surface area contributed by atoms with Crippen LogP contribution in [0.25, 0.3) is 0 Å². The summed E-state index contributed by atoms with van der Waals surface area (Å²) < 4.78 is 0. The Morgan fingerprint density at radius 2 is 2.14 bits per heavy atom. The molecule has 0 aromatic heterocycles. The van der Waals surface area contributed by atoms with Gasteiger partial charge in [-0.2, -0.15) is 5.26 Å². The quantitative estimate of drug-likeness (QED) is 0.485. The predicted octanol–water partition coefficient (Wildman–Crippen LogP) is 0.931. The van der Waals surface area contributed by atoms with Gasteiger partial charge in [-0.15, -0.1) is 0 Å². The molecule has 4 nitrogen and oxygen atoms in total. The summed E-state index contributed by atoms with van der Waals surface area (Å²) in [7, 11) is 0. The summed E-state index contributed by atoms with van der Waals surface area (Å²) in [6.07, 6.45) is 0.227. The number of carbonyl (C=O) groups excluding carboxylic acids is 2. The van der Waals surface area contributed by atoms with Gasteiger partial charge in [0.1, 0.15) is 6.54 Å². The average Bonchev–Trinajstić information content (AvgIpc) is 2.31. The predicted molar refractivity (Wildman–Crippen MR) is 49.9 cm³/mol. The fraction of sp³-hybridized carbons (Fsp3) is 0.700. The SMILES string of the molecule is CC(C)C1(C)CC(=O)N(CC#N)C1=O. The number of amides is 2. The van der Waals surface area contributed by atoms with Crippen LogP contribution in [0.4, 0.5) is 0 Å². The Labute approximate surface area is 83.5 Å². The van der Waals surface area contributed by atoms with Gasteiger partial charge >= 0.3 is 0 Å². The Morgan fingerprint density at radius 1 is 1.57 bits per heavy atom. The van der Waals surface area contributed by atoms with E-state index in [1.165, 1.54) is 0 Å². The number of imide groups is 1. The molecule has 0 N–H and O–H groups in total. The van der Waals surface area contributed by atoms with Gasteiger partial charge in [0.05, 0.1) is 11.5 Å². The number of nitriles is 1. The Hall–Kier alpha value is -1.37. The first-order chi connectivity index (χ1) is 6.43. The fourth-order valence-corrected chi connectivity index (χ4v) is 1.59. The van der Waals surface area contributed by atoms with E-state index < -0.39 is 5.41 Å². The summed E-state index contributed by atoms with van der Waals surface area (Å²) in [6, 6.07) is 1.83. The van der Waals surface area contributed by atoms with Crippen molar-refractivity contribution in [2.45, 2.75) is 27.2 Å². The van der Waals surface area contributed by atoms with Crippen LogP contribution in [0.3, 0.4) is 0 Å². The highest BCUT2D eigenvalue weighted by atomic mass is 16.2. The standard InChI is InChI=1S/C10H14N2O2/c1-7(2)10(3)6-8(13)12(5-4-11)9(10)14/h7H,5-6H2,1-3H3. The molecule has 0 radical (unpaired) electrons. The summed E-state index contributed by atoms with van der Waals surface area (Å²) in [5.74, 6) is -0.325. The van der Waals surface area contributed by atoms with E-state index in [0.29, 0.717) is 0 Å². The lowest BCUT2D eigenvalue weighted by Crippen LogP contribution is -2.37. The van der Waals surface area contributed by atoms with E-state index in [1.54, 1.807) is 6.92 Å². The van der Waals surface area contributed by atoms with Crippen LogP contribution in [0.5, 0.6) is 0 Å². The number of likely N-dealkylation sites (tertiary alicyclic amines) is 1. The van der Waals surface area contributed by atoms with Gasteiger partial charge in [0, 0.05) is 6.42 Å². The van der Waals surface area contributed by atoms with Crippen LogP contribution >= 0.6 is 0 Å². The molecule has 0 saturated carbocycles. The molecule has 4 heteroatoms. The largest absolute Gasteiger partial charge is 0.274 e. The zero-order valence-corrected chi connectivity index (χ0v) is 8.70. The van der Waals surface area contributed by atoms with Crippen molar-refractivity contribution in [1.82, 2.24) is 4.90 Å². The molecule has 14 heavy (non-hydrogen) atoms. The van der Waals surface area contributed by atoms with Gasteiger partial charge in [0.15, 0.2) is 0 Å². The first kappa shape index (κ1) is 10.7. The lowest BCUT2D eigenvalue weighted by Gasteiger charge is -2.25. The third-order valence-corrected chi connectivity index (χ3v) is 3.06. The molecule has 1 fully saturated rings. The van der Waals surface area contributed by atoms with Crippen LogP contribution in [0.15, 0.2) is 0 Å². The third-order valence-electron chi connectivity index (χ3n) is 3.06. The molecule has 0 aliphatic carbocycles. The summed E-state index contributed by atoms with van der Waals surface area (Å²) >= 11 is 0. The zero-order valence-electron chi connectivity index (χ0n) is 8.70. The molecule has 0 aromatic carbocycles. The van der Waals surface area contributed by atoms with E-state index in [4.69, 9.17) is 5.26 Å². The van der Waals surface area contributed by atoms with E-state index in [2.05, 4.69) is 0 Å². The second kappa shape index (κ2) is 3.41. The first-order valence-corrected chi connectivity index (χ1v) is 4.65. The van der Waals surface area contributed by atoms with Crippen molar-refractivity contribution in [2.24, 2.45) is 11.3 Å². The minimum absolute atomic E-state index is 0.114. The molecule has 1 aliphatic heterocycles. The minimum Gasteiger partial charge on any atom is -0.274 e. The molecule has 1 saturated heterocycles. The molecule has 1 rings (SSSR count). The van der Waals surface area contributed by atoms with Crippen LogP contribution in [0.2, 0.25) is 0 Å². The third kappa shape index (κ3) is 1.39. The normalized spacial score (nSPS) is 27.2. The Kier molecular flexibility index (Phi) is 2.61. The lowest BCUT2D eigenvalue weighted by molar-refractivity contribution is -0.141. The Bertz CT molecular complexity index is 317. The number of carbonyl (C=O) groups is 2. The van der Waals surface area contributed by atoms with Crippen molar-refractivity contribution in [3.63, 3.8) is 0 Å². The zero-order chi connectivity index (χ0) is 10.9. The summed E-state index contributed by atoms with van der Waals surface area (Å²) in [5, 5.41) is 8.47. The van der Waals surface area contributed by atoms with Gasteiger partial charge in [0.2, 0.25) is 11.8 Å². The molecule has 0 spiro atoms. The van der Waals surface area contributed by atoms with Crippen LogP contribution in [0.1, 0.15) is 27.2 Å². The van der Waals surface area contributed by atoms with Gasteiger partial charge in [0.25, 0.3) is 0 Å². The fourth-order valence-electron chi connectivity index (χ4n) is 1.59. The summed E-state index contributed by atoms with van der Waals surface area (Å²) in [5.41, 5.74) is -0.617. The molecule has 2 amide bonds. The van der Waals surface area contributed by atoms with Gasteiger partial charge < -0.3 is 0 Å². The van der Waals surface area contributed by atoms with Crippen LogP contribution < -0.4 is 0 Å². The molecule has 0 bridgehead atoms. The van der Waals surface area contributed by atoms with E-state index in [9.17, 15) is 9.59 Å². The summed E-state index contributed by atoms with van der Waals surface area (Å²) in [6.45, 7) is 5.50. The van der Waals surface area contributed by atoms with E-state index in [0.717, 1.165) is 4.90 Å². The van der Waals surface area contributed by atoms with Crippen LogP contribution in [0, 0.1) is 22.7 Å². The van der Waals surface area contributed by atoms with E-state index in [1.807, 2.05) is 19.9 Å². The number of hydrogen-bond acceptors (Lipinski definition) is 3. The highest BCUT2D eigenvalue weighted by Crippen LogP contribution is 2.38. The monoisotopic (exact) mass is 194 g/mol. The molecule has 76 valence electrons. The van der Waals surface area contributed by atoms with Crippen molar-refractivity contribution < 1.29 is 9.59 Å². The van der Waals surface area contributed by atoms with E-state index in [-0.39, 0.29) is 30.7 Å². The number of nitrogens with zero attached hydrogens (tertiary/aromatic N) is 2. The molecule has 1 heterocycles. The van der Waals surface area contributed by atoms with Crippen molar-refractivity contribution in [1.29, 1.82) is 5.26 Å². The van der Waals surface area contributed by atoms with Crippen molar-refractivity contribution in [3.8, 4) is 6.07 Å². The van der Waals surface area contributed by atoms with Gasteiger partial charge in [-0.1, -0.05) is 13.8 Å². The van der Waals surface area contributed by atoms with Gasteiger partial charge in [-0.05, 0) is 12.8 Å². The Morgan fingerprint density at radius 3 is 2.50 bits per heavy atom. The molecule has 1 aliphatic rings. The highest BCUT2D eigenvalue weighted by Gasteiger charge is 2.49. The maximum absolute atomic E-state index is 11.8. The minimum atomic E-state index is -0.617. The topological polar surface area (TPSA) is 61.2 Å². The summed E-state index contributed by atoms with van der Waals surface area (Å²) in [4.78, 5) is 24.3. The highest BCUT2D eigenvalue weighted by molar-refractivity contribution is 6.06. The van der Waals surface area contributed by atoms with Crippen molar-refractivity contribution in [2.75, 3.05) is 6.54 Å². The lowest BCUT2D eigenvalue weighted by atomic mass is 9.78. The smallest absolute Gasteiger partial charge is 0.236 e. The average molecular weight is 194 g/mol. The van der Waals surface area contributed by atoms with Crippen LogP contribution in [-0.4, -0.2) is 23.3 Å². The second-order valence-electron chi connectivity index (χ2n) is 4.19. The molecule has 1 unspecified atom stereocenters. The molecular formula is C10H14N2O2. The first-order valence-electron chi connectivity index (χ1n) is 4.65. The number of rotatable bonds is 2.